The van der Waals surface area contributed by atoms with Gasteiger partial charge in [0, 0.05) is 5.69 Å². The first-order valence-corrected chi connectivity index (χ1v) is 5.82. The smallest absolute Gasteiger partial charge is 0.324 e. The van der Waals surface area contributed by atoms with Crippen molar-refractivity contribution in [1.29, 1.82) is 0 Å². The predicted molar refractivity (Wildman–Crippen MR) is 70.0 cm³/mol. The van der Waals surface area contributed by atoms with Gasteiger partial charge in [-0.05, 0) is 32.0 Å². The first-order chi connectivity index (χ1) is 8.56. The van der Waals surface area contributed by atoms with Crippen LogP contribution in [0.2, 0.25) is 5.02 Å². The van der Waals surface area contributed by atoms with Crippen molar-refractivity contribution >= 4 is 28.4 Å². The normalized spacial score (nSPS) is 11.3. The number of nitrogens with zero attached hydrogens (tertiary/aromatic N) is 3. The lowest BCUT2D eigenvalue weighted by atomic mass is 10.3. The summed E-state index contributed by atoms with van der Waals surface area (Å²) in [6.45, 7) is 3.71. The van der Waals surface area contributed by atoms with Crippen LogP contribution in [-0.2, 0) is 0 Å². The van der Waals surface area contributed by atoms with Crippen molar-refractivity contribution in [2.45, 2.75) is 13.8 Å². The summed E-state index contributed by atoms with van der Waals surface area (Å²) >= 11 is 6.10. The fourth-order valence-electron chi connectivity index (χ4n) is 1.83. The van der Waals surface area contributed by atoms with E-state index in [0.717, 1.165) is 11.4 Å². The molecule has 2 aromatic heterocycles. The van der Waals surface area contributed by atoms with E-state index in [1.807, 2.05) is 13.8 Å². The third-order valence-electron chi connectivity index (χ3n) is 2.78. The number of oxazole rings is 1. The molecule has 6 heteroatoms. The van der Waals surface area contributed by atoms with Crippen molar-refractivity contribution in [3.63, 3.8) is 0 Å². The van der Waals surface area contributed by atoms with Crippen LogP contribution in [-0.4, -0.2) is 14.8 Å². The first-order valence-electron chi connectivity index (χ1n) is 5.44. The van der Waals surface area contributed by atoms with Crippen LogP contribution in [0.25, 0.3) is 17.1 Å². The monoisotopic (exact) mass is 262 g/mol. The minimum absolute atomic E-state index is 0.392. The van der Waals surface area contributed by atoms with Crippen molar-refractivity contribution in [3.8, 4) is 6.01 Å². The van der Waals surface area contributed by atoms with Crippen molar-refractivity contribution < 1.29 is 4.42 Å². The van der Waals surface area contributed by atoms with Gasteiger partial charge in [0.05, 0.1) is 16.4 Å². The number of nitrogen functional groups attached to an aromatic ring is 1. The molecule has 2 heterocycles. The average Bonchev–Trinajstić information content (AvgIpc) is 2.85. The maximum atomic E-state index is 6.10. The topological polar surface area (TPSA) is 69.9 Å². The molecule has 0 saturated heterocycles. The molecule has 0 unspecified atom stereocenters. The molecule has 0 saturated carbocycles. The Hall–Kier alpha value is -2.01. The van der Waals surface area contributed by atoms with Crippen LogP contribution in [0.3, 0.4) is 0 Å². The summed E-state index contributed by atoms with van der Waals surface area (Å²) < 4.78 is 7.22. The highest BCUT2D eigenvalue weighted by Gasteiger charge is 2.15. The second-order valence-electron chi connectivity index (χ2n) is 4.12. The Morgan fingerprint density at radius 3 is 2.78 bits per heavy atom. The van der Waals surface area contributed by atoms with Crippen molar-refractivity contribution in [3.05, 3.63) is 34.6 Å². The van der Waals surface area contributed by atoms with Gasteiger partial charge in [-0.1, -0.05) is 11.6 Å². The van der Waals surface area contributed by atoms with E-state index in [2.05, 4.69) is 10.1 Å². The quantitative estimate of drug-likeness (QED) is 0.685. The second-order valence-corrected chi connectivity index (χ2v) is 4.50. The molecule has 3 rings (SSSR count). The number of halogens is 1. The summed E-state index contributed by atoms with van der Waals surface area (Å²) in [5.41, 5.74) is 9.27. The summed E-state index contributed by atoms with van der Waals surface area (Å²) in [7, 11) is 0. The van der Waals surface area contributed by atoms with Crippen LogP contribution >= 0.6 is 11.6 Å². The lowest BCUT2D eigenvalue weighted by molar-refractivity contribution is 0.537. The predicted octanol–water partition coefficient (Wildman–Crippen LogP) is 2.87. The molecular weight excluding hydrogens is 252 g/mol. The number of hydrogen-bond donors (Lipinski definition) is 1. The Morgan fingerprint density at radius 2 is 2.11 bits per heavy atom. The number of fused-ring (bicyclic) bond motifs is 1. The molecule has 0 radical (unpaired) electrons. The Labute approximate surface area is 108 Å². The van der Waals surface area contributed by atoms with E-state index < -0.39 is 0 Å². The highest BCUT2D eigenvalue weighted by Crippen LogP contribution is 2.25. The minimum Gasteiger partial charge on any atom is -0.422 e. The Kier molecular flexibility index (Phi) is 2.31. The van der Waals surface area contributed by atoms with Crippen LogP contribution in [0.5, 0.6) is 0 Å². The van der Waals surface area contributed by atoms with Gasteiger partial charge in [-0.2, -0.15) is 14.8 Å². The lowest BCUT2D eigenvalue weighted by Crippen LogP contribution is -1.98. The standard InChI is InChI=1S/C12H11ClN4O/c1-6-11(13)7(2)17(16-6)12-15-9-5-8(14)3-4-10(9)18-12/h3-5H,14H2,1-2H3. The van der Waals surface area contributed by atoms with E-state index in [0.29, 0.717) is 27.8 Å². The molecule has 5 nitrogen and oxygen atoms in total. The zero-order chi connectivity index (χ0) is 12.9. The van der Waals surface area contributed by atoms with Gasteiger partial charge in [0.25, 0.3) is 0 Å². The van der Waals surface area contributed by atoms with E-state index >= 15 is 0 Å². The number of hydrogen-bond acceptors (Lipinski definition) is 4. The summed E-state index contributed by atoms with van der Waals surface area (Å²) in [5, 5.41) is 4.92. The Bertz CT molecular complexity index is 744. The van der Waals surface area contributed by atoms with E-state index in [9.17, 15) is 0 Å². The molecule has 0 aliphatic rings. The molecule has 0 amide bonds. The number of aromatic nitrogens is 3. The number of anilines is 1. The van der Waals surface area contributed by atoms with Gasteiger partial charge in [-0.15, -0.1) is 0 Å². The summed E-state index contributed by atoms with van der Waals surface area (Å²) in [4.78, 5) is 4.35. The molecule has 0 fully saturated rings. The van der Waals surface area contributed by atoms with Gasteiger partial charge in [0.2, 0.25) is 0 Å². The van der Waals surface area contributed by atoms with Gasteiger partial charge >= 0.3 is 6.01 Å². The second kappa shape index (κ2) is 3.74. The van der Waals surface area contributed by atoms with Gasteiger partial charge < -0.3 is 10.2 Å². The molecule has 1 aromatic carbocycles. The van der Waals surface area contributed by atoms with Crippen LogP contribution in [0.15, 0.2) is 22.6 Å². The lowest BCUT2D eigenvalue weighted by Gasteiger charge is -1.95. The van der Waals surface area contributed by atoms with E-state index in [1.54, 1.807) is 22.9 Å². The van der Waals surface area contributed by atoms with Gasteiger partial charge in [-0.25, -0.2) is 0 Å². The van der Waals surface area contributed by atoms with Crippen LogP contribution in [0.4, 0.5) is 5.69 Å². The van der Waals surface area contributed by atoms with Crippen LogP contribution in [0.1, 0.15) is 11.4 Å². The van der Waals surface area contributed by atoms with E-state index in [-0.39, 0.29) is 0 Å². The molecule has 0 atom stereocenters. The average molecular weight is 263 g/mol. The Balaban J connectivity index is 2.22. The maximum absolute atomic E-state index is 6.10. The molecule has 0 spiro atoms. The molecule has 2 N–H and O–H groups in total. The first kappa shape index (κ1) is 11.1. The molecule has 0 aliphatic carbocycles. The Morgan fingerprint density at radius 1 is 1.33 bits per heavy atom. The number of aryl methyl sites for hydroxylation is 1. The SMILES string of the molecule is Cc1nn(-c2nc3cc(N)ccc3o2)c(C)c1Cl. The van der Waals surface area contributed by atoms with Crippen molar-refractivity contribution in [2.24, 2.45) is 0 Å². The van der Waals surface area contributed by atoms with E-state index in [1.165, 1.54) is 0 Å². The third-order valence-corrected chi connectivity index (χ3v) is 3.33. The number of rotatable bonds is 1. The zero-order valence-corrected chi connectivity index (χ0v) is 10.7. The summed E-state index contributed by atoms with van der Waals surface area (Å²) in [5.74, 6) is 0. The highest BCUT2D eigenvalue weighted by molar-refractivity contribution is 6.31. The fourth-order valence-corrected chi connectivity index (χ4v) is 1.95. The van der Waals surface area contributed by atoms with Crippen LogP contribution < -0.4 is 5.73 Å². The number of benzene rings is 1. The van der Waals surface area contributed by atoms with Gasteiger partial charge in [0.1, 0.15) is 5.52 Å². The summed E-state index contributed by atoms with van der Waals surface area (Å²) in [6, 6.07) is 5.71. The molecule has 18 heavy (non-hydrogen) atoms. The van der Waals surface area contributed by atoms with Crippen LogP contribution in [0, 0.1) is 13.8 Å². The number of nitrogens with two attached hydrogens (primary N) is 1. The maximum Gasteiger partial charge on any atom is 0.324 e. The molecule has 0 aliphatic heterocycles. The van der Waals surface area contributed by atoms with Gasteiger partial charge in [0.15, 0.2) is 5.58 Å². The zero-order valence-electron chi connectivity index (χ0n) is 9.94. The summed E-state index contributed by atoms with van der Waals surface area (Å²) in [6.07, 6.45) is 0. The molecule has 92 valence electrons. The fraction of sp³-hybridized carbons (Fsp3) is 0.167. The highest BCUT2D eigenvalue weighted by atomic mass is 35.5. The van der Waals surface area contributed by atoms with Crippen molar-refractivity contribution in [1.82, 2.24) is 14.8 Å². The van der Waals surface area contributed by atoms with E-state index in [4.69, 9.17) is 21.8 Å². The largest absolute Gasteiger partial charge is 0.422 e. The minimum atomic E-state index is 0.392. The third kappa shape index (κ3) is 1.55. The molecular formula is C12H11ClN4O. The van der Waals surface area contributed by atoms with Crippen molar-refractivity contribution in [2.75, 3.05) is 5.73 Å². The van der Waals surface area contributed by atoms with Gasteiger partial charge in [-0.3, -0.25) is 0 Å². The molecule has 0 bridgehead atoms. The molecule has 3 aromatic rings.